The third kappa shape index (κ3) is 6.27. The molecule has 2 fully saturated rings. The van der Waals surface area contributed by atoms with Gasteiger partial charge in [0, 0.05) is 55.7 Å². The lowest BCUT2D eigenvalue weighted by molar-refractivity contribution is -0.125. The van der Waals surface area contributed by atoms with E-state index in [9.17, 15) is 14.0 Å². The molecule has 2 aliphatic heterocycles. The summed E-state index contributed by atoms with van der Waals surface area (Å²) in [7, 11) is 0. The van der Waals surface area contributed by atoms with E-state index in [4.69, 9.17) is 27.9 Å². The number of hydrogen-bond acceptors (Lipinski definition) is 4. The van der Waals surface area contributed by atoms with Crippen LogP contribution in [-0.4, -0.2) is 47.7 Å². The number of carbonyl (C=O) groups excluding carboxylic acids is 1. The normalized spacial score (nSPS) is 18.0. The Hall–Kier alpha value is -2.87. The molecule has 1 aromatic heterocycles. The number of anilines is 1. The van der Waals surface area contributed by atoms with Crippen molar-refractivity contribution in [2.75, 3.05) is 31.6 Å². The number of benzene rings is 2. The summed E-state index contributed by atoms with van der Waals surface area (Å²) in [5.74, 6) is -0.401. The van der Waals surface area contributed by atoms with Crippen molar-refractivity contribution in [3.05, 3.63) is 87.5 Å². The first-order valence-corrected chi connectivity index (χ1v) is 12.6. The van der Waals surface area contributed by atoms with Gasteiger partial charge < -0.3 is 19.5 Å². The summed E-state index contributed by atoms with van der Waals surface area (Å²) in [5.41, 5.74) is 0.972. The summed E-state index contributed by atoms with van der Waals surface area (Å²) < 4.78 is 19.5. The van der Waals surface area contributed by atoms with Crippen LogP contribution in [0.15, 0.2) is 66.1 Å². The molecule has 6 nitrogen and oxygen atoms in total. The minimum absolute atomic E-state index is 0.0304. The summed E-state index contributed by atoms with van der Waals surface area (Å²) in [4.78, 5) is 26.6. The van der Waals surface area contributed by atoms with E-state index >= 15 is 0 Å². The zero-order valence-electron chi connectivity index (χ0n) is 19.8. The second-order valence-corrected chi connectivity index (χ2v) is 9.66. The van der Waals surface area contributed by atoms with Crippen molar-refractivity contribution in [2.24, 2.45) is 0 Å². The number of amides is 1. The van der Waals surface area contributed by atoms with Gasteiger partial charge in [0.15, 0.2) is 0 Å². The van der Waals surface area contributed by atoms with Crippen LogP contribution >= 0.6 is 23.2 Å². The Bertz CT molecular complexity index is 1310. The summed E-state index contributed by atoms with van der Waals surface area (Å²) in [6.07, 6.45) is 5.90. The second-order valence-electron chi connectivity index (χ2n) is 8.85. The highest BCUT2D eigenvalue weighted by Crippen LogP contribution is 2.24. The second kappa shape index (κ2) is 11.9. The number of nitrogens with zero attached hydrogens (tertiary/aromatic N) is 2. The van der Waals surface area contributed by atoms with Crippen LogP contribution < -0.4 is 10.9 Å². The zero-order valence-corrected chi connectivity index (χ0v) is 21.3. The van der Waals surface area contributed by atoms with Gasteiger partial charge >= 0.3 is 0 Å². The molecule has 1 amide bonds. The first kappa shape index (κ1) is 26.2. The van der Waals surface area contributed by atoms with Crippen LogP contribution in [0.3, 0.4) is 0 Å². The number of ether oxygens (including phenoxy) is 1. The molecule has 1 atom stereocenters. The molecule has 2 aromatic carbocycles. The monoisotopic (exact) mass is 531 g/mol. The third-order valence-electron chi connectivity index (χ3n) is 6.44. The number of hydrogen-bond donors (Lipinski definition) is 1. The van der Waals surface area contributed by atoms with Crippen LogP contribution in [-0.2, 0) is 9.53 Å². The van der Waals surface area contributed by atoms with E-state index in [1.165, 1.54) is 24.3 Å². The van der Waals surface area contributed by atoms with Gasteiger partial charge in [-0.05, 0) is 67.1 Å². The maximum Gasteiger partial charge on any atom is 0.258 e. The molecule has 190 valence electrons. The molecule has 0 spiro atoms. The number of pyridine rings is 1. The maximum atomic E-state index is 13.0. The Labute approximate surface area is 219 Å². The van der Waals surface area contributed by atoms with Crippen molar-refractivity contribution in [1.82, 2.24) is 9.47 Å². The molecule has 0 radical (unpaired) electrons. The van der Waals surface area contributed by atoms with E-state index in [-0.39, 0.29) is 34.4 Å². The lowest BCUT2D eigenvalue weighted by Crippen LogP contribution is -2.30. The van der Waals surface area contributed by atoms with E-state index in [0.29, 0.717) is 24.8 Å². The van der Waals surface area contributed by atoms with Crippen LogP contribution in [0.1, 0.15) is 25.3 Å². The number of rotatable bonds is 4. The molecule has 36 heavy (non-hydrogen) atoms. The lowest BCUT2D eigenvalue weighted by Gasteiger charge is -2.24. The van der Waals surface area contributed by atoms with Crippen molar-refractivity contribution in [3.63, 3.8) is 0 Å². The molecule has 9 heteroatoms. The highest BCUT2D eigenvalue weighted by Gasteiger charge is 2.25. The molecule has 3 heterocycles. The van der Waals surface area contributed by atoms with Crippen molar-refractivity contribution in [1.29, 1.82) is 0 Å². The molecule has 2 aliphatic rings. The van der Waals surface area contributed by atoms with Crippen LogP contribution in [0.5, 0.6) is 0 Å². The summed E-state index contributed by atoms with van der Waals surface area (Å²) >= 11 is 10.9. The highest BCUT2D eigenvalue weighted by molar-refractivity contribution is 6.41. The topological polar surface area (TPSA) is 63.6 Å². The Morgan fingerprint density at radius 1 is 1.08 bits per heavy atom. The zero-order chi connectivity index (χ0) is 25.7. The van der Waals surface area contributed by atoms with Crippen LogP contribution in [0, 0.1) is 5.82 Å². The molecule has 5 rings (SSSR count). The Morgan fingerprint density at radius 2 is 1.86 bits per heavy atom. The van der Waals surface area contributed by atoms with Gasteiger partial charge in [-0.25, -0.2) is 4.39 Å². The SMILES string of the molecule is C=CC(=O)N1CCC(Nc2ccc3ccn(C4CCOCC4)c(=O)c3c2)C1.Fc1ccc(Cl)c(Cl)c1. The van der Waals surface area contributed by atoms with Crippen molar-refractivity contribution in [3.8, 4) is 0 Å². The summed E-state index contributed by atoms with van der Waals surface area (Å²) in [6, 6.07) is 12.2. The number of carbonyl (C=O) groups is 1. The van der Waals surface area contributed by atoms with E-state index in [2.05, 4.69) is 11.9 Å². The first-order valence-electron chi connectivity index (χ1n) is 11.9. The molecule has 1 unspecified atom stereocenters. The summed E-state index contributed by atoms with van der Waals surface area (Å²) in [5, 5.41) is 5.77. The standard InChI is InChI=1S/C21H25N3O3.C6H3Cl2F/c1-2-20(25)23-9-6-17(14-23)22-16-4-3-15-5-10-24(21(26)19(15)13-16)18-7-11-27-12-8-18;7-5-2-1-4(9)3-6(5)8/h2-5,10,13,17-18,22H,1,6-9,11-12,14H2;1-3H. The van der Waals surface area contributed by atoms with Gasteiger partial charge in [-0.3, -0.25) is 9.59 Å². The van der Waals surface area contributed by atoms with Gasteiger partial charge in [-0.15, -0.1) is 0 Å². The first-order chi connectivity index (χ1) is 17.4. The number of halogens is 3. The van der Waals surface area contributed by atoms with Crippen molar-refractivity contribution in [2.45, 2.75) is 31.3 Å². The van der Waals surface area contributed by atoms with Crippen molar-refractivity contribution < 1.29 is 13.9 Å². The molecule has 3 aromatic rings. The molecule has 0 saturated carbocycles. The van der Waals surface area contributed by atoms with E-state index < -0.39 is 0 Å². The van der Waals surface area contributed by atoms with Gasteiger partial charge in [0.05, 0.1) is 10.0 Å². The fourth-order valence-corrected chi connectivity index (χ4v) is 4.79. The van der Waals surface area contributed by atoms with Crippen LogP contribution in [0.2, 0.25) is 10.0 Å². The average molecular weight is 532 g/mol. The minimum atomic E-state index is -0.371. The van der Waals surface area contributed by atoms with Gasteiger partial charge in [0.1, 0.15) is 5.82 Å². The van der Waals surface area contributed by atoms with Gasteiger partial charge in [0.25, 0.3) is 5.56 Å². The largest absolute Gasteiger partial charge is 0.381 e. The lowest BCUT2D eigenvalue weighted by atomic mass is 10.1. The Morgan fingerprint density at radius 3 is 2.56 bits per heavy atom. The highest BCUT2D eigenvalue weighted by atomic mass is 35.5. The Kier molecular flexibility index (Phi) is 8.67. The molecule has 0 aliphatic carbocycles. The van der Waals surface area contributed by atoms with Gasteiger partial charge in [-0.1, -0.05) is 35.8 Å². The molecule has 1 N–H and O–H groups in total. The fraction of sp³-hybridized carbons (Fsp3) is 0.333. The Balaban J connectivity index is 0.000000286. The minimum Gasteiger partial charge on any atom is -0.381 e. The third-order valence-corrected chi connectivity index (χ3v) is 7.18. The van der Waals surface area contributed by atoms with E-state index in [0.717, 1.165) is 42.3 Å². The number of fused-ring (bicyclic) bond motifs is 1. The van der Waals surface area contributed by atoms with Gasteiger partial charge in [0.2, 0.25) is 5.91 Å². The number of aromatic nitrogens is 1. The van der Waals surface area contributed by atoms with Crippen molar-refractivity contribution >= 4 is 45.6 Å². The number of likely N-dealkylation sites (tertiary alicyclic amines) is 1. The van der Waals surface area contributed by atoms with Crippen LogP contribution in [0.4, 0.5) is 10.1 Å². The maximum absolute atomic E-state index is 13.0. The quantitative estimate of drug-likeness (QED) is 0.347. The fourth-order valence-electron chi connectivity index (χ4n) is 4.51. The predicted molar refractivity (Wildman–Crippen MR) is 143 cm³/mol. The number of nitrogens with one attached hydrogen (secondary N) is 1. The average Bonchev–Trinajstić information content (AvgIpc) is 3.36. The predicted octanol–water partition coefficient (Wildman–Crippen LogP) is 5.68. The van der Waals surface area contributed by atoms with E-state index in [1.807, 2.05) is 35.0 Å². The molecule has 0 bridgehead atoms. The molecule has 2 saturated heterocycles. The van der Waals surface area contributed by atoms with Crippen LogP contribution in [0.25, 0.3) is 10.8 Å². The molecular weight excluding hydrogens is 504 g/mol. The van der Waals surface area contributed by atoms with E-state index in [1.54, 1.807) is 4.90 Å². The molecular formula is C27H28Cl2FN3O3. The smallest absolute Gasteiger partial charge is 0.258 e. The van der Waals surface area contributed by atoms with Gasteiger partial charge in [-0.2, -0.15) is 0 Å². The summed E-state index contributed by atoms with van der Waals surface area (Å²) in [6.45, 7) is 6.35.